The van der Waals surface area contributed by atoms with E-state index in [4.69, 9.17) is 4.74 Å². The molecule has 2 aromatic heterocycles. The van der Waals surface area contributed by atoms with E-state index >= 15 is 0 Å². The number of aromatic nitrogens is 5. The fourth-order valence-corrected chi connectivity index (χ4v) is 4.86. The van der Waals surface area contributed by atoms with Gasteiger partial charge in [-0.25, -0.2) is 4.68 Å². The van der Waals surface area contributed by atoms with Crippen molar-refractivity contribution in [2.24, 2.45) is 0 Å². The third-order valence-corrected chi connectivity index (χ3v) is 6.73. The quantitative estimate of drug-likeness (QED) is 0.501. The first-order valence-electron chi connectivity index (χ1n) is 12.7. The minimum absolute atomic E-state index is 0.00141. The molecule has 1 N–H and O–H groups in total. The van der Waals surface area contributed by atoms with Crippen molar-refractivity contribution in [3.8, 4) is 0 Å². The van der Waals surface area contributed by atoms with Crippen LogP contribution in [0.4, 0.5) is 0 Å². The lowest BCUT2D eigenvalue weighted by Crippen LogP contribution is -2.39. The summed E-state index contributed by atoms with van der Waals surface area (Å²) in [7, 11) is 0. The van der Waals surface area contributed by atoms with Gasteiger partial charge in [0.1, 0.15) is 0 Å². The van der Waals surface area contributed by atoms with Gasteiger partial charge in [-0.2, -0.15) is 0 Å². The molecule has 1 fully saturated rings. The highest BCUT2D eigenvalue weighted by molar-refractivity contribution is 5.79. The highest BCUT2D eigenvalue weighted by Gasteiger charge is 2.29. The molecular weight excluding hydrogens is 442 g/mol. The predicted octanol–water partition coefficient (Wildman–Crippen LogP) is 3.25. The Hall–Kier alpha value is -2.62. The van der Waals surface area contributed by atoms with Crippen LogP contribution < -0.4 is 5.56 Å². The fraction of sp³-hybridized carbons (Fsp3) is 0.615. The average molecular weight is 482 g/mol. The van der Waals surface area contributed by atoms with Crippen LogP contribution in [0.2, 0.25) is 0 Å². The van der Waals surface area contributed by atoms with E-state index in [1.54, 1.807) is 0 Å². The van der Waals surface area contributed by atoms with Crippen molar-refractivity contribution < 1.29 is 4.74 Å². The second-order valence-electron chi connectivity index (χ2n) is 10.5. The molecule has 1 aromatic carbocycles. The SMILES string of the molecule is CC[C@H](c1nnnn1C(C)(C)C)N(CCCN1CCOCC1)Cc1cc2cc(C)ccc2[nH]c1=O. The van der Waals surface area contributed by atoms with Crippen molar-refractivity contribution >= 4 is 10.9 Å². The van der Waals surface area contributed by atoms with Gasteiger partial charge in [0.2, 0.25) is 0 Å². The molecule has 1 saturated heterocycles. The number of rotatable bonds is 9. The zero-order valence-electron chi connectivity index (χ0n) is 21.8. The Balaban J connectivity index is 1.63. The molecule has 0 aliphatic carbocycles. The number of tetrazole rings is 1. The Morgan fingerprint density at radius 3 is 2.69 bits per heavy atom. The molecule has 0 unspecified atom stereocenters. The number of H-pyrrole nitrogens is 1. The third-order valence-electron chi connectivity index (χ3n) is 6.73. The average Bonchev–Trinajstić information content (AvgIpc) is 3.31. The van der Waals surface area contributed by atoms with Gasteiger partial charge in [0.05, 0.1) is 24.8 Å². The Morgan fingerprint density at radius 1 is 1.20 bits per heavy atom. The standard InChI is InChI=1S/C26H39N7O2/c1-6-23(24-28-29-30-33(24)26(3,4)5)32(11-7-10-31-12-14-35-15-13-31)18-21-17-20-16-19(2)8-9-22(20)27-25(21)34/h8-9,16-17,23H,6-7,10-15,18H2,1-5H3,(H,27,34)/t23-/m1/s1. The molecule has 0 spiro atoms. The number of aromatic amines is 1. The topological polar surface area (TPSA) is 92.2 Å². The van der Waals surface area contributed by atoms with Crippen LogP contribution >= 0.6 is 0 Å². The van der Waals surface area contributed by atoms with E-state index in [1.807, 2.05) is 22.9 Å². The molecule has 35 heavy (non-hydrogen) atoms. The summed E-state index contributed by atoms with van der Waals surface area (Å²) in [5.74, 6) is 0.847. The predicted molar refractivity (Wildman–Crippen MR) is 137 cm³/mol. The molecule has 0 amide bonds. The van der Waals surface area contributed by atoms with E-state index in [1.165, 1.54) is 5.56 Å². The number of hydrogen-bond donors (Lipinski definition) is 1. The van der Waals surface area contributed by atoms with Crippen LogP contribution in [0.1, 0.15) is 63.5 Å². The minimum Gasteiger partial charge on any atom is -0.379 e. The van der Waals surface area contributed by atoms with E-state index < -0.39 is 0 Å². The van der Waals surface area contributed by atoms with E-state index in [0.717, 1.165) is 74.5 Å². The Kier molecular flexibility index (Phi) is 7.98. The number of nitrogens with one attached hydrogen (secondary N) is 1. The Bertz CT molecular complexity index is 1170. The van der Waals surface area contributed by atoms with Crippen molar-refractivity contribution in [2.75, 3.05) is 39.4 Å². The van der Waals surface area contributed by atoms with Gasteiger partial charge >= 0.3 is 0 Å². The van der Waals surface area contributed by atoms with Crippen LogP contribution in [0.5, 0.6) is 0 Å². The maximum Gasteiger partial charge on any atom is 0.252 e. The summed E-state index contributed by atoms with van der Waals surface area (Å²) in [6, 6.07) is 8.16. The number of hydrogen-bond acceptors (Lipinski definition) is 7. The molecule has 4 rings (SSSR count). The highest BCUT2D eigenvalue weighted by atomic mass is 16.5. The van der Waals surface area contributed by atoms with E-state index in [9.17, 15) is 4.79 Å². The number of nitrogens with zero attached hydrogens (tertiary/aromatic N) is 6. The van der Waals surface area contributed by atoms with Crippen LogP contribution in [0.15, 0.2) is 29.1 Å². The first-order chi connectivity index (χ1) is 16.8. The van der Waals surface area contributed by atoms with Crippen molar-refractivity contribution in [2.45, 2.75) is 65.6 Å². The lowest BCUT2D eigenvalue weighted by atomic mass is 10.1. The number of ether oxygens (including phenoxy) is 1. The third kappa shape index (κ3) is 6.15. The zero-order chi connectivity index (χ0) is 25.0. The van der Waals surface area contributed by atoms with E-state index in [2.05, 4.69) is 71.0 Å². The van der Waals surface area contributed by atoms with Crippen molar-refractivity contribution in [1.82, 2.24) is 35.0 Å². The van der Waals surface area contributed by atoms with Gasteiger partial charge in [0.15, 0.2) is 5.82 Å². The molecule has 190 valence electrons. The summed E-state index contributed by atoms with van der Waals surface area (Å²) in [6.07, 6.45) is 1.84. The molecule has 1 aliphatic rings. The van der Waals surface area contributed by atoms with E-state index in [0.29, 0.717) is 6.54 Å². The summed E-state index contributed by atoms with van der Waals surface area (Å²) < 4.78 is 7.42. The highest BCUT2D eigenvalue weighted by Crippen LogP contribution is 2.27. The van der Waals surface area contributed by atoms with Crippen molar-refractivity contribution in [1.29, 1.82) is 0 Å². The summed E-state index contributed by atoms with van der Waals surface area (Å²) in [4.78, 5) is 21.0. The number of aryl methyl sites for hydroxylation is 1. The van der Waals surface area contributed by atoms with Gasteiger partial charge in [-0.15, -0.1) is 5.10 Å². The monoisotopic (exact) mass is 481 g/mol. The first kappa shape index (κ1) is 25.5. The fourth-order valence-electron chi connectivity index (χ4n) is 4.86. The second-order valence-corrected chi connectivity index (χ2v) is 10.5. The van der Waals surface area contributed by atoms with Gasteiger partial charge in [0, 0.05) is 37.3 Å². The van der Waals surface area contributed by atoms with Gasteiger partial charge in [-0.05, 0) is 81.1 Å². The first-order valence-corrected chi connectivity index (χ1v) is 12.7. The summed E-state index contributed by atoms with van der Waals surface area (Å²) >= 11 is 0. The summed E-state index contributed by atoms with van der Waals surface area (Å²) in [5.41, 5.74) is 2.54. The summed E-state index contributed by atoms with van der Waals surface area (Å²) in [6.45, 7) is 16.5. The van der Waals surface area contributed by atoms with Gasteiger partial charge in [-0.3, -0.25) is 14.6 Å². The van der Waals surface area contributed by atoms with Crippen LogP contribution in [0.25, 0.3) is 10.9 Å². The lowest BCUT2D eigenvalue weighted by Gasteiger charge is -2.33. The number of morpholine rings is 1. The second kappa shape index (κ2) is 11.0. The van der Waals surface area contributed by atoms with E-state index in [-0.39, 0.29) is 17.1 Å². The van der Waals surface area contributed by atoms with Crippen LogP contribution in [-0.2, 0) is 16.8 Å². The smallest absolute Gasteiger partial charge is 0.252 e. The Labute approximate surface area is 207 Å². The maximum absolute atomic E-state index is 13.0. The molecule has 9 heteroatoms. The van der Waals surface area contributed by atoms with Crippen LogP contribution in [-0.4, -0.2) is 74.4 Å². The van der Waals surface area contributed by atoms with Crippen molar-refractivity contribution in [3.63, 3.8) is 0 Å². The normalized spacial score (nSPS) is 16.3. The number of pyridine rings is 1. The molecule has 0 bridgehead atoms. The molecule has 1 atom stereocenters. The molecular formula is C26H39N7O2. The van der Waals surface area contributed by atoms with Gasteiger partial charge in [-0.1, -0.05) is 18.6 Å². The number of fused-ring (bicyclic) bond motifs is 1. The molecule has 1 aliphatic heterocycles. The lowest BCUT2D eigenvalue weighted by molar-refractivity contribution is 0.0348. The molecule has 0 radical (unpaired) electrons. The molecule has 9 nitrogen and oxygen atoms in total. The zero-order valence-corrected chi connectivity index (χ0v) is 21.8. The maximum atomic E-state index is 13.0. The van der Waals surface area contributed by atoms with Gasteiger partial charge < -0.3 is 9.72 Å². The molecule has 0 saturated carbocycles. The Morgan fingerprint density at radius 2 is 1.97 bits per heavy atom. The molecule has 3 aromatic rings. The van der Waals surface area contributed by atoms with Crippen LogP contribution in [0.3, 0.4) is 0 Å². The molecule has 3 heterocycles. The summed E-state index contributed by atoms with van der Waals surface area (Å²) in [5, 5.41) is 13.8. The largest absolute Gasteiger partial charge is 0.379 e. The van der Waals surface area contributed by atoms with Gasteiger partial charge in [0.25, 0.3) is 5.56 Å². The van der Waals surface area contributed by atoms with Crippen molar-refractivity contribution in [3.05, 3.63) is 51.6 Å². The minimum atomic E-state index is -0.232. The number of benzene rings is 1. The van der Waals surface area contributed by atoms with Crippen LogP contribution in [0, 0.1) is 6.92 Å².